The van der Waals surface area contributed by atoms with Crippen LogP contribution in [-0.4, -0.2) is 21.0 Å². The molecule has 0 heterocycles. The van der Waals surface area contributed by atoms with Crippen LogP contribution in [0.5, 0.6) is 23.0 Å². The second-order valence-corrected chi connectivity index (χ2v) is 7.62. The molecule has 4 aromatic rings. The summed E-state index contributed by atoms with van der Waals surface area (Å²) < 4.78 is 0. The van der Waals surface area contributed by atoms with Crippen LogP contribution in [0.1, 0.15) is 22.3 Å². The molecule has 0 fully saturated rings. The summed E-state index contributed by atoms with van der Waals surface area (Å²) in [4.78, 5) is 15.9. The van der Waals surface area contributed by atoms with E-state index < -0.39 is 0 Å². The molecule has 0 radical (unpaired) electrons. The molecular weight excluding hydrogens is 512 g/mol. The van der Waals surface area contributed by atoms with Gasteiger partial charge in [0.25, 0.3) is 0 Å². The smallest absolute Gasteiger partial charge is 0.165 e. The van der Waals surface area contributed by atoms with Crippen LogP contribution in [0.15, 0.2) is 97.1 Å². The Hall–Kier alpha value is -3.37. The molecule has 0 aliphatic heterocycles. The van der Waals surface area contributed by atoms with E-state index in [9.17, 15) is 0 Å². The molecule has 0 unspecified atom stereocenters. The first-order valence-corrected chi connectivity index (χ1v) is 10.8. The zero-order chi connectivity index (χ0) is 26.8. The third-order valence-corrected chi connectivity index (χ3v) is 4.51. The minimum absolute atomic E-state index is 0. The van der Waals surface area contributed by atoms with E-state index in [4.69, 9.17) is 21.0 Å². The van der Waals surface area contributed by atoms with Gasteiger partial charge in [0, 0.05) is 21.7 Å². The Morgan fingerprint density at radius 2 is 0.459 bits per heavy atom. The largest absolute Gasteiger partial charge is 0.340 e. The van der Waals surface area contributed by atoms with Crippen LogP contribution in [0, 0.1) is 27.7 Å². The van der Waals surface area contributed by atoms with Crippen LogP contribution in [-0.2, 0) is 21.7 Å². The molecule has 9 heteroatoms. The molecule has 0 aromatic heterocycles. The molecule has 0 aliphatic carbocycles. The van der Waals surface area contributed by atoms with Gasteiger partial charge in [0.1, 0.15) is 0 Å². The van der Waals surface area contributed by atoms with Crippen molar-refractivity contribution in [3.63, 3.8) is 0 Å². The van der Waals surface area contributed by atoms with Gasteiger partial charge < -0.3 is 19.6 Å². The fourth-order valence-electron chi connectivity index (χ4n) is 2.40. The first kappa shape index (κ1) is 33.6. The van der Waals surface area contributed by atoms with Crippen LogP contribution >= 0.6 is 0 Å². The van der Waals surface area contributed by atoms with Crippen molar-refractivity contribution in [2.75, 3.05) is 0 Å². The number of benzene rings is 4. The summed E-state index contributed by atoms with van der Waals surface area (Å²) in [5.41, 5.74) is 4.60. The van der Waals surface area contributed by atoms with E-state index in [1.165, 1.54) is 0 Å². The minimum atomic E-state index is 0. The normalized spacial score (nSPS) is 8.86. The molecule has 0 saturated carbocycles. The van der Waals surface area contributed by atoms with Crippen molar-refractivity contribution in [1.82, 2.24) is 0 Å². The molecule has 4 N–H and O–H groups in total. The predicted molar refractivity (Wildman–Crippen MR) is 138 cm³/mol. The third-order valence-electron chi connectivity index (χ3n) is 4.51. The molecule has 196 valence electrons. The molecule has 4 rings (SSSR count). The summed E-state index contributed by atoms with van der Waals surface area (Å²) in [5.74, 6) is 1.89. The first-order chi connectivity index (χ1) is 17.3. The standard InChI is InChI=1S/4C7H8O2.Ti/c4*1-6-2-4-7(9-8)5-3-6;/h4*2-5,8H,1H3;. The van der Waals surface area contributed by atoms with Gasteiger partial charge in [-0.2, -0.15) is 0 Å². The van der Waals surface area contributed by atoms with Crippen molar-refractivity contribution in [3.05, 3.63) is 119 Å². The maximum absolute atomic E-state index is 8.13. The van der Waals surface area contributed by atoms with Crippen LogP contribution < -0.4 is 19.6 Å². The summed E-state index contributed by atoms with van der Waals surface area (Å²) in [7, 11) is 0. The Morgan fingerprint density at radius 1 is 0.324 bits per heavy atom. The van der Waals surface area contributed by atoms with Gasteiger partial charge in [-0.25, -0.2) is 21.0 Å². The van der Waals surface area contributed by atoms with Crippen molar-refractivity contribution in [3.8, 4) is 23.0 Å². The summed E-state index contributed by atoms with van der Waals surface area (Å²) in [6.07, 6.45) is 0. The van der Waals surface area contributed by atoms with Crippen LogP contribution in [0.25, 0.3) is 0 Å². The van der Waals surface area contributed by atoms with Crippen molar-refractivity contribution in [2.24, 2.45) is 0 Å². The Balaban J connectivity index is 0.000000463. The van der Waals surface area contributed by atoms with E-state index in [0.717, 1.165) is 22.3 Å². The second kappa shape index (κ2) is 19.8. The van der Waals surface area contributed by atoms with E-state index >= 15 is 0 Å². The number of aryl methyl sites for hydroxylation is 4. The number of rotatable bonds is 4. The maximum atomic E-state index is 8.13. The topological polar surface area (TPSA) is 118 Å². The van der Waals surface area contributed by atoms with Crippen LogP contribution in [0.2, 0.25) is 0 Å². The fraction of sp³-hybridized carbons (Fsp3) is 0.143. The zero-order valence-electron chi connectivity index (χ0n) is 21.2. The van der Waals surface area contributed by atoms with Crippen molar-refractivity contribution in [2.45, 2.75) is 27.7 Å². The van der Waals surface area contributed by atoms with Crippen LogP contribution in [0.3, 0.4) is 0 Å². The summed E-state index contributed by atoms with van der Waals surface area (Å²) in [6.45, 7) is 7.89. The van der Waals surface area contributed by atoms with Gasteiger partial charge in [-0.15, -0.1) is 0 Å². The van der Waals surface area contributed by atoms with E-state index in [2.05, 4.69) is 19.6 Å². The predicted octanol–water partition coefficient (Wildman–Crippen LogP) is 7.38. The summed E-state index contributed by atoms with van der Waals surface area (Å²) in [6, 6.07) is 28.6. The molecule has 0 atom stereocenters. The van der Waals surface area contributed by atoms with Gasteiger partial charge in [0.2, 0.25) is 0 Å². The Morgan fingerprint density at radius 3 is 0.568 bits per heavy atom. The van der Waals surface area contributed by atoms with Gasteiger partial charge in [0.05, 0.1) is 0 Å². The maximum Gasteiger partial charge on any atom is 0.165 e. The van der Waals surface area contributed by atoms with E-state index in [-0.39, 0.29) is 21.7 Å². The van der Waals surface area contributed by atoms with Gasteiger partial charge in [-0.3, -0.25) is 0 Å². The van der Waals surface area contributed by atoms with E-state index in [1.54, 1.807) is 48.5 Å². The minimum Gasteiger partial charge on any atom is -0.340 e. The van der Waals surface area contributed by atoms with Crippen LogP contribution in [0.4, 0.5) is 0 Å². The zero-order valence-corrected chi connectivity index (χ0v) is 22.7. The molecular formula is C28H32O8Ti. The van der Waals surface area contributed by atoms with Gasteiger partial charge in [-0.05, 0) is 76.2 Å². The fourth-order valence-corrected chi connectivity index (χ4v) is 2.40. The third kappa shape index (κ3) is 15.4. The van der Waals surface area contributed by atoms with Crippen molar-refractivity contribution >= 4 is 0 Å². The number of hydrogen-bond acceptors (Lipinski definition) is 8. The van der Waals surface area contributed by atoms with E-state index in [1.807, 2.05) is 76.2 Å². The van der Waals surface area contributed by atoms with Gasteiger partial charge >= 0.3 is 0 Å². The molecule has 0 amide bonds. The summed E-state index contributed by atoms with van der Waals surface area (Å²) >= 11 is 0. The van der Waals surface area contributed by atoms with E-state index in [0.29, 0.717) is 23.0 Å². The van der Waals surface area contributed by atoms with Crippen molar-refractivity contribution < 1.29 is 62.3 Å². The molecule has 0 saturated heterocycles. The SMILES string of the molecule is Cc1ccc(OO)cc1.Cc1ccc(OO)cc1.Cc1ccc(OO)cc1.Cc1ccc(OO)cc1.[Ti]. The monoisotopic (exact) mass is 544 g/mol. The summed E-state index contributed by atoms with van der Waals surface area (Å²) in [5, 5.41) is 32.5. The second-order valence-electron chi connectivity index (χ2n) is 7.62. The average molecular weight is 544 g/mol. The first-order valence-electron chi connectivity index (χ1n) is 10.8. The Bertz CT molecular complexity index is 903. The Labute approximate surface area is 231 Å². The quantitative estimate of drug-likeness (QED) is 0.119. The molecule has 0 spiro atoms. The molecule has 37 heavy (non-hydrogen) atoms. The van der Waals surface area contributed by atoms with Crippen molar-refractivity contribution in [1.29, 1.82) is 0 Å². The number of hydrogen-bond donors (Lipinski definition) is 4. The molecule has 4 aromatic carbocycles. The molecule has 0 aliphatic rings. The molecule has 8 nitrogen and oxygen atoms in total. The van der Waals surface area contributed by atoms with Gasteiger partial charge in [-0.1, -0.05) is 70.8 Å². The van der Waals surface area contributed by atoms with Gasteiger partial charge in [0.15, 0.2) is 23.0 Å². The average Bonchev–Trinajstić information content (AvgIpc) is 2.92. The Kier molecular flexibility index (Phi) is 18.0. The molecule has 0 bridgehead atoms.